The standard InChI is InChI=1S/C20H20F3N5O/c1-10-14(9-26(3)24-10)20(29)28-6-5-13-18(11(28)2)25-27(4)19(13)12-7-15(21)17(23)16(22)8-12/h7-9,11H,5-6H2,1-4H3/t11-/m0/s1. The summed E-state index contributed by atoms with van der Waals surface area (Å²) in [6.07, 6.45) is 2.16. The zero-order chi connectivity index (χ0) is 21.0. The van der Waals surface area contributed by atoms with Gasteiger partial charge in [-0.15, -0.1) is 0 Å². The Morgan fingerprint density at radius 3 is 2.38 bits per heavy atom. The van der Waals surface area contributed by atoms with Crippen LogP contribution in [0.4, 0.5) is 13.2 Å². The molecule has 0 saturated carbocycles. The molecule has 3 heterocycles. The Bertz CT molecular complexity index is 1110. The Labute approximate surface area is 165 Å². The van der Waals surface area contributed by atoms with E-state index in [1.165, 1.54) is 4.68 Å². The molecule has 0 unspecified atom stereocenters. The largest absolute Gasteiger partial charge is 0.330 e. The molecule has 152 valence electrons. The van der Waals surface area contributed by atoms with Crippen LogP contribution in [0.3, 0.4) is 0 Å². The number of aromatic nitrogens is 4. The number of amides is 1. The van der Waals surface area contributed by atoms with E-state index in [4.69, 9.17) is 0 Å². The molecule has 0 N–H and O–H groups in total. The quantitative estimate of drug-likeness (QED) is 0.617. The third-order valence-electron chi connectivity index (χ3n) is 5.40. The lowest BCUT2D eigenvalue weighted by Gasteiger charge is -2.32. The van der Waals surface area contributed by atoms with E-state index < -0.39 is 17.5 Å². The van der Waals surface area contributed by atoms with E-state index in [0.717, 1.165) is 17.7 Å². The van der Waals surface area contributed by atoms with Crippen molar-refractivity contribution in [3.8, 4) is 11.3 Å². The van der Waals surface area contributed by atoms with Gasteiger partial charge in [-0.25, -0.2) is 13.2 Å². The predicted molar refractivity (Wildman–Crippen MR) is 99.6 cm³/mol. The van der Waals surface area contributed by atoms with Gasteiger partial charge in [-0.3, -0.25) is 14.2 Å². The van der Waals surface area contributed by atoms with E-state index in [1.807, 2.05) is 6.92 Å². The van der Waals surface area contributed by atoms with Crippen LogP contribution in [0.1, 0.15) is 40.3 Å². The van der Waals surface area contributed by atoms with E-state index >= 15 is 0 Å². The van der Waals surface area contributed by atoms with Crippen molar-refractivity contribution in [2.75, 3.05) is 6.54 Å². The van der Waals surface area contributed by atoms with Crippen LogP contribution >= 0.6 is 0 Å². The molecule has 0 radical (unpaired) electrons. The second kappa shape index (κ2) is 6.75. The maximum absolute atomic E-state index is 13.8. The molecular weight excluding hydrogens is 383 g/mol. The zero-order valence-corrected chi connectivity index (χ0v) is 16.5. The highest BCUT2D eigenvalue weighted by atomic mass is 19.2. The van der Waals surface area contributed by atoms with Gasteiger partial charge in [0.15, 0.2) is 17.5 Å². The van der Waals surface area contributed by atoms with Crippen LogP contribution in [0.2, 0.25) is 0 Å². The number of fused-ring (bicyclic) bond motifs is 1. The van der Waals surface area contributed by atoms with Crippen molar-refractivity contribution >= 4 is 5.91 Å². The van der Waals surface area contributed by atoms with E-state index in [0.29, 0.717) is 35.6 Å². The van der Waals surface area contributed by atoms with Crippen LogP contribution in [0.5, 0.6) is 0 Å². The fraction of sp³-hybridized carbons (Fsp3) is 0.350. The van der Waals surface area contributed by atoms with Crippen LogP contribution < -0.4 is 0 Å². The summed E-state index contributed by atoms with van der Waals surface area (Å²) in [5.74, 6) is -4.13. The summed E-state index contributed by atoms with van der Waals surface area (Å²) in [5.41, 5.74) is 3.38. The molecule has 29 heavy (non-hydrogen) atoms. The third-order valence-corrected chi connectivity index (χ3v) is 5.40. The predicted octanol–water partition coefficient (Wildman–Crippen LogP) is 3.31. The number of rotatable bonds is 2. The van der Waals surface area contributed by atoms with Gasteiger partial charge in [-0.05, 0) is 32.4 Å². The number of hydrogen-bond donors (Lipinski definition) is 0. The second-order valence-electron chi connectivity index (χ2n) is 7.32. The molecule has 2 aromatic heterocycles. The number of aryl methyl sites for hydroxylation is 3. The van der Waals surface area contributed by atoms with Crippen LogP contribution in [0.25, 0.3) is 11.3 Å². The van der Waals surface area contributed by atoms with Crippen molar-refractivity contribution in [1.29, 1.82) is 0 Å². The van der Waals surface area contributed by atoms with Gasteiger partial charge in [0.05, 0.1) is 28.7 Å². The van der Waals surface area contributed by atoms with Crippen molar-refractivity contribution in [2.24, 2.45) is 14.1 Å². The normalized spacial score (nSPS) is 16.2. The Morgan fingerprint density at radius 2 is 1.79 bits per heavy atom. The van der Waals surface area contributed by atoms with Crippen LogP contribution in [0, 0.1) is 24.4 Å². The highest BCUT2D eigenvalue weighted by molar-refractivity contribution is 5.95. The summed E-state index contributed by atoms with van der Waals surface area (Å²) in [6, 6.07) is 1.61. The van der Waals surface area contributed by atoms with Gasteiger partial charge in [0, 0.05) is 38.0 Å². The number of nitrogens with zero attached hydrogens (tertiary/aromatic N) is 5. The summed E-state index contributed by atoms with van der Waals surface area (Å²) in [7, 11) is 3.42. The van der Waals surface area contributed by atoms with Gasteiger partial charge in [0.2, 0.25) is 0 Å². The van der Waals surface area contributed by atoms with Gasteiger partial charge in [0.25, 0.3) is 5.91 Å². The van der Waals surface area contributed by atoms with Gasteiger partial charge < -0.3 is 4.90 Å². The average molecular weight is 403 g/mol. The van der Waals surface area contributed by atoms with Crippen LogP contribution in [-0.4, -0.2) is 36.9 Å². The smallest absolute Gasteiger partial charge is 0.257 e. The highest BCUT2D eigenvalue weighted by Gasteiger charge is 2.34. The fourth-order valence-electron chi connectivity index (χ4n) is 4.04. The summed E-state index contributed by atoms with van der Waals surface area (Å²) >= 11 is 0. The molecule has 1 aliphatic heterocycles. The van der Waals surface area contributed by atoms with E-state index in [1.54, 1.807) is 36.8 Å². The molecular formula is C20H20F3N5O. The van der Waals surface area contributed by atoms with Gasteiger partial charge >= 0.3 is 0 Å². The topological polar surface area (TPSA) is 56.0 Å². The van der Waals surface area contributed by atoms with Crippen molar-refractivity contribution in [2.45, 2.75) is 26.3 Å². The summed E-state index contributed by atoms with van der Waals surface area (Å²) in [5, 5.41) is 8.73. The fourth-order valence-corrected chi connectivity index (χ4v) is 4.04. The number of carbonyl (C=O) groups excluding carboxylic acids is 1. The lowest BCUT2D eigenvalue weighted by molar-refractivity contribution is 0.0673. The SMILES string of the molecule is Cc1nn(C)cc1C(=O)N1CCc2c(nn(C)c2-c2cc(F)c(F)c(F)c2)[C@@H]1C. The lowest BCUT2D eigenvalue weighted by atomic mass is 9.95. The summed E-state index contributed by atoms with van der Waals surface area (Å²) in [6.45, 7) is 4.07. The molecule has 1 atom stereocenters. The number of halogens is 3. The molecule has 0 spiro atoms. The number of hydrogen-bond acceptors (Lipinski definition) is 3. The summed E-state index contributed by atoms with van der Waals surface area (Å²) in [4.78, 5) is 14.8. The van der Waals surface area contributed by atoms with E-state index in [2.05, 4.69) is 10.2 Å². The first-order chi connectivity index (χ1) is 13.7. The Hall–Kier alpha value is -3.10. The first-order valence-electron chi connectivity index (χ1n) is 9.21. The minimum atomic E-state index is -1.50. The van der Waals surface area contributed by atoms with E-state index in [9.17, 15) is 18.0 Å². The molecule has 4 rings (SSSR count). The first kappa shape index (κ1) is 19.2. The average Bonchev–Trinajstić information content (AvgIpc) is 3.17. The van der Waals surface area contributed by atoms with Crippen LogP contribution in [0.15, 0.2) is 18.3 Å². The second-order valence-corrected chi connectivity index (χ2v) is 7.32. The van der Waals surface area contributed by atoms with Crippen molar-refractivity contribution in [3.05, 3.63) is 58.3 Å². The maximum Gasteiger partial charge on any atom is 0.257 e. The van der Waals surface area contributed by atoms with Gasteiger partial charge in [0.1, 0.15) is 0 Å². The molecule has 1 aliphatic rings. The maximum atomic E-state index is 13.8. The summed E-state index contributed by atoms with van der Waals surface area (Å²) < 4.78 is 44.0. The number of carbonyl (C=O) groups is 1. The minimum absolute atomic E-state index is 0.139. The first-order valence-corrected chi connectivity index (χ1v) is 9.21. The van der Waals surface area contributed by atoms with Gasteiger partial charge in [-0.1, -0.05) is 0 Å². The molecule has 0 bridgehead atoms. The zero-order valence-electron chi connectivity index (χ0n) is 16.5. The Kier molecular flexibility index (Phi) is 4.48. The Balaban J connectivity index is 1.73. The molecule has 9 heteroatoms. The van der Waals surface area contributed by atoms with Gasteiger partial charge in [-0.2, -0.15) is 10.2 Å². The molecule has 0 aliphatic carbocycles. The van der Waals surface area contributed by atoms with Crippen molar-refractivity contribution in [3.63, 3.8) is 0 Å². The molecule has 0 saturated heterocycles. The Morgan fingerprint density at radius 1 is 1.14 bits per heavy atom. The molecule has 1 aromatic carbocycles. The lowest BCUT2D eigenvalue weighted by Crippen LogP contribution is -2.39. The minimum Gasteiger partial charge on any atom is -0.330 e. The molecule has 6 nitrogen and oxygen atoms in total. The monoisotopic (exact) mass is 403 g/mol. The third kappa shape index (κ3) is 3.01. The molecule has 3 aromatic rings. The molecule has 1 amide bonds. The highest BCUT2D eigenvalue weighted by Crippen LogP contribution is 2.36. The van der Waals surface area contributed by atoms with Crippen molar-refractivity contribution in [1.82, 2.24) is 24.5 Å². The molecule has 0 fully saturated rings. The number of benzene rings is 1. The van der Waals surface area contributed by atoms with Crippen molar-refractivity contribution < 1.29 is 18.0 Å². The van der Waals surface area contributed by atoms with E-state index in [-0.39, 0.29) is 17.5 Å². The van der Waals surface area contributed by atoms with Crippen LogP contribution in [-0.2, 0) is 20.5 Å².